The molecule has 1 aliphatic carbocycles. The SMILES string of the molecule is COCC(C)NC(=O)COc1ccccc1CNC1CC1. The first-order valence-electron chi connectivity index (χ1n) is 7.41. The number of hydrogen-bond acceptors (Lipinski definition) is 4. The first-order chi connectivity index (χ1) is 10.2. The van der Waals surface area contributed by atoms with Gasteiger partial charge in [-0.15, -0.1) is 0 Å². The second-order valence-corrected chi connectivity index (χ2v) is 5.48. The largest absolute Gasteiger partial charge is 0.483 e. The van der Waals surface area contributed by atoms with E-state index in [2.05, 4.69) is 10.6 Å². The third kappa shape index (κ3) is 5.73. The molecule has 1 aliphatic rings. The van der Waals surface area contributed by atoms with Gasteiger partial charge in [0.2, 0.25) is 0 Å². The fourth-order valence-corrected chi connectivity index (χ4v) is 2.08. The van der Waals surface area contributed by atoms with Crippen LogP contribution in [0, 0.1) is 0 Å². The first-order valence-corrected chi connectivity index (χ1v) is 7.41. The van der Waals surface area contributed by atoms with Crippen LogP contribution in [0.5, 0.6) is 5.75 Å². The topological polar surface area (TPSA) is 59.6 Å². The molecule has 1 fully saturated rings. The van der Waals surface area contributed by atoms with Gasteiger partial charge in [0.15, 0.2) is 6.61 Å². The maximum atomic E-state index is 11.8. The summed E-state index contributed by atoms with van der Waals surface area (Å²) in [6.45, 7) is 3.19. The zero-order chi connectivity index (χ0) is 15.1. The Bertz CT molecular complexity index is 461. The summed E-state index contributed by atoms with van der Waals surface area (Å²) in [5, 5.41) is 6.28. The lowest BCUT2D eigenvalue weighted by atomic mass is 10.2. The molecule has 1 unspecified atom stereocenters. The zero-order valence-electron chi connectivity index (χ0n) is 12.7. The number of carbonyl (C=O) groups excluding carboxylic acids is 1. The Hall–Kier alpha value is -1.59. The van der Waals surface area contributed by atoms with Crippen LogP contribution in [0.1, 0.15) is 25.3 Å². The predicted molar refractivity (Wildman–Crippen MR) is 81.3 cm³/mol. The highest BCUT2D eigenvalue weighted by molar-refractivity contribution is 5.77. The summed E-state index contributed by atoms with van der Waals surface area (Å²) >= 11 is 0. The van der Waals surface area contributed by atoms with Crippen LogP contribution in [-0.2, 0) is 16.1 Å². The second-order valence-electron chi connectivity index (χ2n) is 5.48. The van der Waals surface area contributed by atoms with Gasteiger partial charge in [0.05, 0.1) is 6.61 Å². The van der Waals surface area contributed by atoms with E-state index in [1.165, 1.54) is 12.8 Å². The zero-order valence-corrected chi connectivity index (χ0v) is 12.7. The Morgan fingerprint density at radius 1 is 1.38 bits per heavy atom. The van der Waals surface area contributed by atoms with Crippen molar-refractivity contribution in [1.82, 2.24) is 10.6 Å². The summed E-state index contributed by atoms with van der Waals surface area (Å²) in [5.41, 5.74) is 1.09. The smallest absolute Gasteiger partial charge is 0.258 e. The lowest BCUT2D eigenvalue weighted by Gasteiger charge is -2.15. The molecule has 2 rings (SSSR count). The normalized spacial score (nSPS) is 15.5. The van der Waals surface area contributed by atoms with Crippen molar-refractivity contribution in [3.05, 3.63) is 29.8 Å². The van der Waals surface area contributed by atoms with E-state index in [4.69, 9.17) is 9.47 Å². The van der Waals surface area contributed by atoms with Crippen molar-refractivity contribution in [3.8, 4) is 5.75 Å². The van der Waals surface area contributed by atoms with E-state index in [0.717, 1.165) is 17.9 Å². The molecule has 0 bridgehead atoms. The molecule has 1 saturated carbocycles. The summed E-state index contributed by atoms with van der Waals surface area (Å²) < 4.78 is 10.6. The van der Waals surface area contributed by atoms with Crippen molar-refractivity contribution in [2.24, 2.45) is 0 Å². The highest BCUT2D eigenvalue weighted by Crippen LogP contribution is 2.22. The van der Waals surface area contributed by atoms with Crippen LogP contribution in [0.15, 0.2) is 24.3 Å². The number of rotatable bonds is 9. The summed E-state index contributed by atoms with van der Waals surface area (Å²) in [4.78, 5) is 11.8. The van der Waals surface area contributed by atoms with E-state index in [0.29, 0.717) is 12.6 Å². The first kappa shape index (κ1) is 15.8. The van der Waals surface area contributed by atoms with Gasteiger partial charge in [0, 0.05) is 31.3 Å². The molecule has 1 aromatic rings. The number of methoxy groups -OCH3 is 1. The van der Waals surface area contributed by atoms with Crippen molar-refractivity contribution in [2.75, 3.05) is 20.3 Å². The molecule has 2 N–H and O–H groups in total. The molecular formula is C16H24N2O3. The van der Waals surface area contributed by atoms with Gasteiger partial charge in [0.1, 0.15) is 5.75 Å². The lowest BCUT2D eigenvalue weighted by Crippen LogP contribution is -2.38. The Morgan fingerprint density at radius 3 is 2.86 bits per heavy atom. The van der Waals surface area contributed by atoms with Crippen LogP contribution in [0.3, 0.4) is 0 Å². The number of nitrogens with one attached hydrogen (secondary N) is 2. The van der Waals surface area contributed by atoms with Crippen LogP contribution in [-0.4, -0.2) is 38.3 Å². The summed E-state index contributed by atoms with van der Waals surface area (Å²) in [6.07, 6.45) is 2.51. The number of para-hydroxylation sites is 1. The molecule has 21 heavy (non-hydrogen) atoms. The van der Waals surface area contributed by atoms with Crippen molar-refractivity contribution >= 4 is 5.91 Å². The van der Waals surface area contributed by atoms with Crippen molar-refractivity contribution in [1.29, 1.82) is 0 Å². The van der Waals surface area contributed by atoms with Crippen molar-refractivity contribution < 1.29 is 14.3 Å². The fourth-order valence-electron chi connectivity index (χ4n) is 2.08. The van der Waals surface area contributed by atoms with Crippen LogP contribution in [0.25, 0.3) is 0 Å². The molecule has 5 nitrogen and oxygen atoms in total. The summed E-state index contributed by atoms with van der Waals surface area (Å²) in [6, 6.07) is 8.46. The minimum Gasteiger partial charge on any atom is -0.483 e. The summed E-state index contributed by atoms with van der Waals surface area (Å²) in [5.74, 6) is 0.629. The number of amides is 1. The standard InChI is InChI=1S/C16H24N2O3/c1-12(10-20-2)18-16(19)11-21-15-6-4-3-5-13(15)9-17-14-7-8-14/h3-6,12,14,17H,7-11H2,1-2H3,(H,18,19). The Kier molecular flexibility index (Phi) is 6.02. The molecule has 0 heterocycles. The number of carbonyl (C=O) groups is 1. The van der Waals surface area contributed by atoms with E-state index in [-0.39, 0.29) is 18.6 Å². The Morgan fingerprint density at radius 2 is 2.14 bits per heavy atom. The van der Waals surface area contributed by atoms with Crippen LogP contribution in [0.4, 0.5) is 0 Å². The molecule has 0 aliphatic heterocycles. The van der Waals surface area contributed by atoms with Gasteiger partial charge >= 0.3 is 0 Å². The monoisotopic (exact) mass is 292 g/mol. The lowest BCUT2D eigenvalue weighted by molar-refractivity contribution is -0.124. The molecule has 116 valence electrons. The number of hydrogen-bond donors (Lipinski definition) is 2. The molecule has 1 atom stereocenters. The predicted octanol–water partition coefficient (Wildman–Crippen LogP) is 1.47. The van der Waals surface area contributed by atoms with E-state index >= 15 is 0 Å². The van der Waals surface area contributed by atoms with E-state index in [1.807, 2.05) is 31.2 Å². The third-order valence-electron chi connectivity index (χ3n) is 3.31. The second kappa shape index (κ2) is 8.00. The molecule has 0 radical (unpaired) electrons. The highest BCUT2D eigenvalue weighted by Gasteiger charge is 2.20. The van der Waals surface area contributed by atoms with Gasteiger partial charge in [-0.25, -0.2) is 0 Å². The van der Waals surface area contributed by atoms with E-state index in [1.54, 1.807) is 7.11 Å². The van der Waals surface area contributed by atoms with Crippen LogP contribution in [0.2, 0.25) is 0 Å². The van der Waals surface area contributed by atoms with Gasteiger partial charge in [-0.3, -0.25) is 4.79 Å². The fraction of sp³-hybridized carbons (Fsp3) is 0.562. The molecule has 0 saturated heterocycles. The molecule has 0 aromatic heterocycles. The molecule has 5 heteroatoms. The number of ether oxygens (including phenoxy) is 2. The molecule has 1 aromatic carbocycles. The highest BCUT2D eigenvalue weighted by atomic mass is 16.5. The average molecular weight is 292 g/mol. The van der Waals surface area contributed by atoms with E-state index < -0.39 is 0 Å². The maximum Gasteiger partial charge on any atom is 0.258 e. The third-order valence-corrected chi connectivity index (χ3v) is 3.31. The van der Waals surface area contributed by atoms with Gasteiger partial charge in [-0.1, -0.05) is 18.2 Å². The average Bonchev–Trinajstić information content (AvgIpc) is 3.28. The minimum absolute atomic E-state index is 0.0159. The van der Waals surface area contributed by atoms with E-state index in [9.17, 15) is 4.79 Å². The van der Waals surface area contributed by atoms with Gasteiger partial charge in [-0.2, -0.15) is 0 Å². The Balaban J connectivity index is 1.79. The van der Waals surface area contributed by atoms with Gasteiger partial charge < -0.3 is 20.1 Å². The van der Waals surface area contributed by atoms with Crippen molar-refractivity contribution in [2.45, 2.75) is 38.4 Å². The summed E-state index contributed by atoms with van der Waals surface area (Å²) in [7, 11) is 1.61. The van der Waals surface area contributed by atoms with Gasteiger partial charge in [0.25, 0.3) is 5.91 Å². The van der Waals surface area contributed by atoms with Crippen LogP contribution >= 0.6 is 0 Å². The van der Waals surface area contributed by atoms with Crippen molar-refractivity contribution in [3.63, 3.8) is 0 Å². The molecule has 1 amide bonds. The Labute approximate surface area is 126 Å². The quantitative estimate of drug-likeness (QED) is 0.723. The maximum absolute atomic E-state index is 11.8. The molecular weight excluding hydrogens is 268 g/mol. The molecule has 0 spiro atoms. The van der Waals surface area contributed by atoms with Gasteiger partial charge in [-0.05, 0) is 25.8 Å². The minimum atomic E-state index is -0.135. The number of benzene rings is 1. The van der Waals surface area contributed by atoms with Crippen LogP contribution < -0.4 is 15.4 Å².